The SMILES string of the molecule is Nc1nc2c(ccn2[C@@H]2O[C@H](CO)[C@H](F)[C@@H]2O)c(=O)[nH]1. The lowest BCUT2D eigenvalue weighted by atomic mass is 10.1. The zero-order chi connectivity index (χ0) is 14.4. The van der Waals surface area contributed by atoms with E-state index in [2.05, 4.69) is 9.97 Å². The molecule has 8 nitrogen and oxygen atoms in total. The third-order valence-corrected chi connectivity index (χ3v) is 3.34. The largest absolute Gasteiger partial charge is 0.394 e. The maximum atomic E-state index is 13.7. The molecule has 3 rings (SSSR count). The van der Waals surface area contributed by atoms with E-state index in [0.717, 1.165) is 0 Å². The first kappa shape index (κ1) is 13.0. The number of anilines is 1. The molecule has 0 bridgehead atoms. The van der Waals surface area contributed by atoms with Crippen molar-refractivity contribution in [3.05, 3.63) is 22.6 Å². The van der Waals surface area contributed by atoms with Crippen molar-refractivity contribution in [1.82, 2.24) is 14.5 Å². The molecular formula is C11H13FN4O4. The van der Waals surface area contributed by atoms with Crippen molar-refractivity contribution in [3.63, 3.8) is 0 Å². The van der Waals surface area contributed by atoms with E-state index in [1.165, 1.54) is 16.8 Å². The molecule has 3 heterocycles. The van der Waals surface area contributed by atoms with E-state index in [-0.39, 0.29) is 17.0 Å². The molecular weight excluding hydrogens is 271 g/mol. The summed E-state index contributed by atoms with van der Waals surface area (Å²) in [4.78, 5) is 18.0. The van der Waals surface area contributed by atoms with Gasteiger partial charge in [-0.05, 0) is 6.07 Å². The summed E-state index contributed by atoms with van der Waals surface area (Å²) in [7, 11) is 0. The second-order valence-electron chi connectivity index (χ2n) is 4.59. The molecule has 0 unspecified atom stereocenters. The van der Waals surface area contributed by atoms with Gasteiger partial charge in [0.05, 0.1) is 12.0 Å². The first-order chi connectivity index (χ1) is 9.52. The summed E-state index contributed by atoms with van der Waals surface area (Å²) in [5.41, 5.74) is 5.22. The van der Waals surface area contributed by atoms with Crippen molar-refractivity contribution in [3.8, 4) is 0 Å². The highest BCUT2D eigenvalue weighted by atomic mass is 19.1. The third-order valence-electron chi connectivity index (χ3n) is 3.34. The van der Waals surface area contributed by atoms with Gasteiger partial charge >= 0.3 is 0 Å². The Labute approximate surface area is 111 Å². The molecule has 108 valence electrons. The summed E-state index contributed by atoms with van der Waals surface area (Å²) < 4.78 is 20.3. The van der Waals surface area contributed by atoms with Crippen molar-refractivity contribution in [2.75, 3.05) is 12.3 Å². The van der Waals surface area contributed by atoms with Gasteiger partial charge in [0.25, 0.3) is 5.56 Å². The summed E-state index contributed by atoms with van der Waals surface area (Å²) in [6, 6.07) is 1.47. The second kappa shape index (κ2) is 4.54. The summed E-state index contributed by atoms with van der Waals surface area (Å²) in [5, 5.41) is 19.1. The number of H-pyrrole nitrogens is 1. The zero-order valence-corrected chi connectivity index (χ0v) is 10.2. The molecule has 4 atom stereocenters. The van der Waals surface area contributed by atoms with Gasteiger partial charge in [-0.25, -0.2) is 4.39 Å². The average Bonchev–Trinajstić information content (AvgIpc) is 2.93. The fourth-order valence-corrected chi connectivity index (χ4v) is 2.35. The number of ether oxygens (including phenoxy) is 1. The van der Waals surface area contributed by atoms with Crippen molar-refractivity contribution in [2.24, 2.45) is 0 Å². The number of hydrogen-bond donors (Lipinski definition) is 4. The highest BCUT2D eigenvalue weighted by Crippen LogP contribution is 2.33. The number of nitrogens with zero attached hydrogens (tertiary/aromatic N) is 2. The minimum absolute atomic E-state index is 0.0922. The van der Waals surface area contributed by atoms with Gasteiger partial charge in [0.15, 0.2) is 18.0 Å². The van der Waals surface area contributed by atoms with Crippen LogP contribution in [-0.4, -0.2) is 49.7 Å². The quantitative estimate of drug-likeness (QED) is 0.554. The number of nitrogen functional groups attached to an aromatic ring is 1. The van der Waals surface area contributed by atoms with E-state index >= 15 is 0 Å². The molecule has 1 aliphatic heterocycles. The topological polar surface area (TPSA) is 126 Å². The van der Waals surface area contributed by atoms with E-state index < -0.39 is 36.8 Å². The molecule has 1 saturated heterocycles. The van der Waals surface area contributed by atoms with Crippen molar-refractivity contribution < 1.29 is 19.3 Å². The van der Waals surface area contributed by atoms with E-state index in [1.54, 1.807) is 0 Å². The van der Waals surface area contributed by atoms with Crippen LogP contribution in [0.5, 0.6) is 0 Å². The molecule has 0 radical (unpaired) electrons. The third kappa shape index (κ3) is 1.79. The number of nitrogens with two attached hydrogens (primary N) is 1. The molecule has 9 heteroatoms. The van der Waals surface area contributed by atoms with Gasteiger partial charge in [-0.1, -0.05) is 0 Å². The second-order valence-corrected chi connectivity index (χ2v) is 4.59. The molecule has 2 aromatic rings. The zero-order valence-electron chi connectivity index (χ0n) is 10.2. The van der Waals surface area contributed by atoms with Crippen LogP contribution in [0.1, 0.15) is 6.23 Å². The molecule has 20 heavy (non-hydrogen) atoms. The van der Waals surface area contributed by atoms with Crippen LogP contribution in [0.4, 0.5) is 10.3 Å². The Kier molecular flexibility index (Phi) is 2.96. The number of aromatic amines is 1. The lowest BCUT2D eigenvalue weighted by Crippen LogP contribution is -2.29. The van der Waals surface area contributed by atoms with Crippen LogP contribution < -0.4 is 11.3 Å². The van der Waals surface area contributed by atoms with Gasteiger partial charge in [0.2, 0.25) is 5.95 Å². The number of aromatic nitrogens is 3. The van der Waals surface area contributed by atoms with Crippen LogP contribution >= 0.6 is 0 Å². The first-order valence-electron chi connectivity index (χ1n) is 5.97. The number of nitrogens with one attached hydrogen (secondary N) is 1. The van der Waals surface area contributed by atoms with Gasteiger partial charge in [-0.15, -0.1) is 0 Å². The van der Waals surface area contributed by atoms with Gasteiger partial charge < -0.3 is 25.3 Å². The number of fused-ring (bicyclic) bond motifs is 1. The number of aliphatic hydroxyl groups excluding tert-OH is 2. The molecule has 5 N–H and O–H groups in total. The standard InChI is InChI=1S/C11H13FN4O4/c12-6-5(3-17)20-10(7(6)18)16-2-1-4-8(16)14-11(13)15-9(4)19/h1-2,5-7,10,17-18H,3H2,(H3,13,14,15,19)/t5-,6+,7+,10-/m1/s1. The van der Waals surface area contributed by atoms with Gasteiger partial charge in [-0.2, -0.15) is 4.98 Å². The van der Waals surface area contributed by atoms with E-state index in [9.17, 15) is 14.3 Å². The van der Waals surface area contributed by atoms with E-state index in [0.29, 0.717) is 0 Å². The molecule has 2 aromatic heterocycles. The maximum Gasteiger partial charge on any atom is 0.261 e. The Bertz CT molecular complexity index is 699. The molecule has 1 aliphatic rings. The maximum absolute atomic E-state index is 13.7. The summed E-state index contributed by atoms with van der Waals surface area (Å²) in [5.74, 6) is -0.0922. The van der Waals surface area contributed by atoms with Gasteiger partial charge in [0, 0.05) is 6.20 Å². The molecule has 0 saturated carbocycles. The van der Waals surface area contributed by atoms with Crippen LogP contribution in [0.15, 0.2) is 17.1 Å². The monoisotopic (exact) mass is 284 g/mol. The number of alkyl halides is 1. The number of hydrogen-bond acceptors (Lipinski definition) is 6. The minimum atomic E-state index is -1.72. The molecule has 0 aliphatic carbocycles. The lowest BCUT2D eigenvalue weighted by molar-refractivity contribution is -0.0492. The fourth-order valence-electron chi connectivity index (χ4n) is 2.35. The highest BCUT2D eigenvalue weighted by Gasteiger charge is 2.45. The lowest BCUT2D eigenvalue weighted by Gasteiger charge is -2.16. The predicted octanol–water partition coefficient (Wildman–Crippen LogP) is -1.10. The Hall–Kier alpha value is -1.97. The van der Waals surface area contributed by atoms with Crippen LogP contribution in [-0.2, 0) is 4.74 Å². The minimum Gasteiger partial charge on any atom is -0.394 e. The normalized spacial score (nSPS) is 30.1. The molecule has 0 spiro atoms. The van der Waals surface area contributed by atoms with Crippen LogP contribution in [0.3, 0.4) is 0 Å². The van der Waals surface area contributed by atoms with Crippen LogP contribution in [0.25, 0.3) is 11.0 Å². The molecule has 0 amide bonds. The summed E-state index contributed by atoms with van der Waals surface area (Å²) >= 11 is 0. The van der Waals surface area contributed by atoms with Gasteiger partial charge in [-0.3, -0.25) is 9.78 Å². The fraction of sp³-hybridized carbons (Fsp3) is 0.455. The predicted molar refractivity (Wildman–Crippen MR) is 66.7 cm³/mol. The Morgan fingerprint density at radius 3 is 3.00 bits per heavy atom. The number of halogens is 1. The first-order valence-corrected chi connectivity index (χ1v) is 5.97. The summed E-state index contributed by atoms with van der Waals surface area (Å²) in [6.45, 7) is -0.552. The number of aliphatic hydroxyl groups is 2. The average molecular weight is 284 g/mol. The van der Waals surface area contributed by atoms with Crippen molar-refractivity contribution in [1.29, 1.82) is 0 Å². The van der Waals surface area contributed by atoms with Crippen LogP contribution in [0.2, 0.25) is 0 Å². The Balaban J connectivity index is 2.09. The van der Waals surface area contributed by atoms with Crippen molar-refractivity contribution in [2.45, 2.75) is 24.6 Å². The molecule has 0 aromatic carbocycles. The van der Waals surface area contributed by atoms with Gasteiger partial charge in [0.1, 0.15) is 12.2 Å². The Morgan fingerprint density at radius 1 is 1.60 bits per heavy atom. The Morgan fingerprint density at radius 2 is 2.35 bits per heavy atom. The molecule has 1 fully saturated rings. The van der Waals surface area contributed by atoms with E-state index in [4.69, 9.17) is 15.6 Å². The van der Waals surface area contributed by atoms with Crippen molar-refractivity contribution >= 4 is 17.0 Å². The van der Waals surface area contributed by atoms with E-state index in [1.807, 2.05) is 0 Å². The smallest absolute Gasteiger partial charge is 0.261 e. The highest BCUT2D eigenvalue weighted by molar-refractivity contribution is 5.76. The summed E-state index contributed by atoms with van der Waals surface area (Å²) in [6.07, 6.45) is -3.93. The van der Waals surface area contributed by atoms with Crippen LogP contribution in [0, 0.1) is 0 Å². The number of rotatable bonds is 2.